The van der Waals surface area contributed by atoms with Gasteiger partial charge in [-0.25, -0.2) is 0 Å². The predicted molar refractivity (Wildman–Crippen MR) is 57.0 cm³/mol. The fraction of sp³-hybridized carbons (Fsp3) is 0.700. The molecule has 1 unspecified atom stereocenters. The van der Waals surface area contributed by atoms with Gasteiger partial charge in [0.25, 0.3) is 0 Å². The second-order valence-electron chi connectivity index (χ2n) is 4.18. The van der Waals surface area contributed by atoms with Crippen molar-refractivity contribution in [1.82, 2.24) is 9.78 Å². The molecule has 13 heavy (non-hydrogen) atoms. The lowest BCUT2D eigenvalue weighted by atomic mass is 9.96. The number of aryl methyl sites for hydroxylation is 1. The van der Waals surface area contributed by atoms with E-state index < -0.39 is 0 Å². The summed E-state index contributed by atoms with van der Waals surface area (Å²) < 4.78 is 1.88. The van der Waals surface area contributed by atoms with Crippen molar-refractivity contribution in [2.24, 2.45) is 12.5 Å². The minimum atomic E-state index is 0.531. The first-order valence-electron chi connectivity index (χ1n) is 4.74. The number of hydrogen-bond acceptors (Lipinski definition) is 1. The molecule has 1 aliphatic carbocycles. The minimum absolute atomic E-state index is 0.531. The number of halogens is 1. The molecule has 1 fully saturated rings. The molecule has 1 saturated carbocycles. The van der Waals surface area contributed by atoms with Crippen molar-refractivity contribution in [2.75, 3.05) is 0 Å². The van der Waals surface area contributed by atoms with Gasteiger partial charge in [-0.15, -0.1) is 0 Å². The molecule has 1 atom stereocenters. The zero-order valence-electron chi connectivity index (χ0n) is 8.13. The Kier molecular flexibility index (Phi) is 2.22. The Morgan fingerprint density at radius 2 is 2.38 bits per heavy atom. The fourth-order valence-corrected chi connectivity index (χ4v) is 2.47. The van der Waals surface area contributed by atoms with Gasteiger partial charge in [0.1, 0.15) is 0 Å². The van der Waals surface area contributed by atoms with E-state index in [1.807, 2.05) is 17.9 Å². The van der Waals surface area contributed by atoms with Crippen molar-refractivity contribution < 1.29 is 0 Å². The zero-order valence-corrected chi connectivity index (χ0v) is 9.71. The van der Waals surface area contributed by atoms with Crippen molar-refractivity contribution in [1.29, 1.82) is 0 Å². The van der Waals surface area contributed by atoms with E-state index >= 15 is 0 Å². The van der Waals surface area contributed by atoms with Crippen LogP contribution in [0.1, 0.15) is 25.3 Å². The Bertz CT molecular complexity index is 300. The Morgan fingerprint density at radius 3 is 2.77 bits per heavy atom. The van der Waals surface area contributed by atoms with E-state index in [9.17, 15) is 0 Å². The van der Waals surface area contributed by atoms with Gasteiger partial charge in [-0.05, 0) is 30.2 Å². The van der Waals surface area contributed by atoms with E-state index in [1.165, 1.54) is 24.8 Å². The Balaban J connectivity index is 2.06. The summed E-state index contributed by atoms with van der Waals surface area (Å²) in [6, 6.07) is 0. The first-order valence-corrected chi connectivity index (χ1v) is 5.66. The molecule has 0 radical (unpaired) electrons. The average Bonchev–Trinajstić information content (AvgIpc) is 2.72. The fourth-order valence-electron chi connectivity index (χ4n) is 1.85. The van der Waals surface area contributed by atoms with E-state index in [0.717, 1.165) is 0 Å². The third kappa shape index (κ3) is 1.80. The summed E-state index contributed by atoms with van der Waals surface area (Å²) in [5, 5.41) is 4.19. The topological polar surface area (TPSA) is 17.8 Å². The van der Waals surface area contributed by atoms with Gasteiger partial charge in [0.15, 0.2) is 0 Å². The summed E-state index contributed by atoms with van der Waals surface area (Å²) >= 11 is 3.70. The Labute approximate surface area is 87.5 Å². The molecule has 0 spiro atoms. The summed E-state index contributed by atoms with van der Waals surface area (Å²) in [5.41, 5.74) is 1.90. The summed E-state index contributed by atoms with van der Waals surface area (Å²) in [6.07, 6.45) is 7.99. The monoisotopic (exact) mass is 242 g/mol. The summed E-state index contributed by atoms with van der Waals surface area (Å²) in [5.74, 6) is 0. The smallest absolute Gasteiger partial charge is 0.0521 e. The molecule has 0 aromatic carbocycles. The van der Waals surface area contributed by atoms with E-state index in [0.29, 0.717) is 10.2 Å². The maximum Gasteiger partial charge on any atom is 0.0521 e. The normalized spacial score (nSPS) is 21.5. The Morgan fingerprint density at radius 1 is 1.69 bits per heavy atom. The standard InChI is InChI=1S/C10H15BrN2/c1-8(11)10(3-4-10)5-9-6-12-13(2)7-9/h6-8H,3-5H2,1-2H3. The molecular formula is C10H15BrN2. The van der Waals surface area contributed by atoms with Crippen LogP contribution in [-0.4, -0.2) is 14.6 Å². The van der Waals surface area contributed by atoms with Crippen LogP contribution in [-0.2, 0) is 13.5 Å². The van der Waals surface area contributed by atoms with Crippen LogP contribution >= 0.6 is 15.9 Å². The second-order valence-corrected chi connectivity index (χ2v) is 5.55. The lowest BCUT2D eigenvalue weighted by Crippen LogP contribution is -2.14. The molecule has 0 saturated heterocycles. The van der Waals surface area contributed by atoms with Gasteiger partial charge in [-0.3, -0.25) is 4.68 Å². The molecule has 3 heteroatoms. The molecule has 1 aliphatic rings. The van der Waals surface area contributed by atoms with Gasteiger partial charge >= 0.3 is 0 Å². The van der Waals surface area contributed by atoms with Crippen LogP contribution in [0.4, 0.5) is 0 Å². The maximum atomic E-state index is 4.19. The van der Waals surface area contributed by atoms with E-state index in [2.05, 4.69) is 34.1 Å². The van der Waals surface area contributed by atoms with Crippen molar-refractivity contribution in [3.63, 3.8) is 0 Å². The summed E-state index contributed by atoms with van der Waals surface area (Å²) in [6.45, 7) is 2.25. The molecule has 2 nitrogen and oxygen atoms in total. The molecule has 0 amide bonds. The van der Waals surface area contributed by atoms with E-state index in [-0.39, 0.29) is 0 Å². The van der Waals surface area contributed by atoms with Crippen molar-refractivity contribution in [3.05, 3.63) is 18.0 Å². The third-order valence-electron chi connectivity index (χ3n) is 3.05. The highest BCUT2D eigenvalue weighted by Crippen LogP contribution is 2.53. The van der Waals surface area contributed by atoms with Gasteiger partial charge in [-0.1, -0.05) is 22.9 Å². The number of aromatic nitrogens is 2. The lowest BCUT2D eigenvalue weighted by molar-refractivity contribution is 0.509. The number of alkyl halides is 1. The van der Waals surface area contributed by atoms with Gasteiger partial charge in [-0.2, -0.15) is 5.10 Å². The molecule has 0 aliphatic heterocycles. The van der Waals surface area contributed by atoms with Crippen molar-refractivity contribution in [2.45, 2.75) is 31.0 Å². The first kappa shape index (κ1) is 9.25. The maximum absolute atomic E-state index is 4.19. The molecular weight excluding hydrogens is 228 g/mol. The molecule has 2 rings (SSSR count). The third-order valence-corrected chi connectivity index (χ3v) is 4.02. The van der Waals surface area contributed by atoms with E-state index in [4.69, 9.17) is 0 Å². The second kappa shape index (κ2) is 3.12. The first-order chi connectivity index (χ1) is 6.12. The van der Waals surface area contributed by atoms with Crippen LogP contribution in [0.3, 0.4) is 0 Å². The molecule has 1 heterocycles. The highest BCUT2D eigenvalue weighted by Gasteiger charge is 2.46. The van der Waals surface area contributed by atoms with Gasteiger partial charge in [0, 0.05) is 18.1 Å². The number of hydrogen-bond donors (Lipinski definition) is 0. The van der Waals surface area contributed by atoms with Crippen LogP contribution in [0.5, 0.6) is 0 Å². The van der Waals surface area contributed by atoms with Gasteiger partial charge < -0.3 is 0 Å². The minimum Gasteiger partial charge on any atom is -0.276 e. The number of rotatable bonds is 3. The highest BCUT2D eigenvalue weighted by molar-refractivity contribution is 9.09. The van der Waals surface area contributed by atoms with Gasteiger partial charge in [0.05, 0.1) is 6.20 Å². The van der Waals surface area contributed by atoms with Gasteiger partial charge in [0.2, 0.25) is 0 Å². The van der Waals surface area contributed by atoms with Crippen molar-refractivity contribution in [3.8, 4) is 0 Å². The SMILES string of the molecule is CC(Br)C1(Cc2cnn(C)c2)CC1. The highest BCUT2D eigenvalue weighted by atomic mass is 79.9. The van der Waals surface area contributed by atoms with Crippen LogP contribution in [0.25, 0.3) is 0 Å². The largest absolute Gasteiger partial charge is 0.276 e. The van der Waals surface area contributed by atoms with Crippen LogP contribution in [0.15, 0.2) is 12.4 Å². The molecule has 0 N–H and O–H groups in total. The van der Waals surface area contributed by atoms with Crippen LogP contribution in [0.2, 0.25) is 0 Å². The van der Waals surface area contributed by atoms with Crippen molar-refractivity contribution >= 4 is 15.9 Å². The molecule has 72 valence electrons. The zero-order chi connectivity index (χ0) is 9.47. The summed E-state index contributed by atoms with van der Waals surface area (Å²) in [4.78, 5) is 0.625. The average molecular weight is 243 g/mol. The van der Waals surface area contributed by atoms with E-state index in [1.54, 1.807) is 0 Å². The van der Waals surface area contributed by atoms with Crippen LogP contribution in [0, 0.1) is 5.41 Å². The summed E-state index contributed by atoms with van der Waals surface area (Å²) in [7, 11) is 1.97. The quantitative estimate of drug-likeness (QED) is 0.746. The number of nitrogens with zero attached hydrogens (tertiary/aromatic N) is 2. The Hall–Kier alpha value is -0.310. The predicted octanol–water partition coefficient (Wildman–Crippen LogP) is 2.53. The molecule has 1 aromatic rings. The molecule has 0 bridgehead atoms. The lowest BCUT2D eigenvalue weighted by Gasteiger charge is -2.16. The molecule has 1 aromatic heterocycles. The van der Waals surface area contributed by atoms with Crippen LogP contribution < -0.4 is 0 Å².